The van der Waals surface area contributed by atoms with Gasteiger partial charge < -0.3 is 11.1 Å². The van der Waals surface area contributed by atoms with E-state index in [0.29, 0.717) is 29.6 Å². The minimum atomic E-state index is -0.0557. The number of nitrogens with two attached hydrogens (primary N) is 1. The van der Waals surface area contributed by atoms with Crippen LogP contribution in [0.25, 0.3) is 0 Å². The molecule has 3 nitrogen and oxygen atoms in total. The highest BCUT2D eigenvalue weighted by atomic mass is 35.5. The third-order valence-electron chi connectivity index (χ3n) is 2.87. The number of benzene rings is 1. The first-order valence-corrected chi connectivity index (χ1v) is 5.64. The number of carbonyl (C=O) groups excluding carboxylic acids is 1. The quantitative estimate of drug-likeness (QED) is 0.814. The molecule has 0 aliphatic heterocycles. The number of nitrogen functional groups attached to an aromatic ring is 1. The minimum absolute atomic E-state index is 0. The summed E-state index contributed by atoms with van der Waals surface area (Å²) < 4.78 is 0. The van der Waals surface area contributed by atoms with Crippen molar-refractivity contribution in [3.05, 3.63) is 29.8 Å². The Kier molecular flexibility index (Phi) is 6.66. The predicted octanol–water partition coefficient (Wildman–Crippen LogP) is 2.71. The molecular formula is C13H21ClN2O. The standard InChI is InChI=1S/C13H20N2O.ClH/c1-9(2)10(3)8-15-13(16)11-5-4-6-12(14)7-11;/h4-7,9-10H,8,14H2,1-3H3,(H,15,16);1H. The number of hydrogen-bond donors (Lipinski definition) is 2. The summed E-state index contributed by atoms with van der Waals surface area (Å²) in [6.07, 6.45) is 0. The molecule has 96 valence electrons. The van der Waals surface area contributed by atoms with Crippen molar-refractivity contribution in [1.29, 1.82) is 0 Å². The monoisotopic (exact) mass is 256 g/mol. The number of hydrogen-bond acceptors (Lipinski definition) is 2. The maximum atomic E-state index is 11.8. The molecule has 1 amide bonds. The summed E-state index contributed by atoms with van der Waals surface area (Å²) in [6, 6.07) is 7.02. The second kappa shape index (κ2) is 7.17. The van der Waals surface area contributed by atoms with Crippen molar-refractivity contribution >= 4 is 24.0 Å². The second-order valence-corrected chi connectivity index (χ2v) is 4.56. The highest BCUT2D eigenvalue weighted by Crippen LogP contribution is 2.09. The van der Waals surface area contributed by atoms with Crippen molar-refractivity contribution in [2.24, 2.45) is 11.8 Å². The molecule has 0 radical (unpaired) electrons. The van der Waals surface area contributed by atoms with Gasteiger partial charge in [-0.25, -0.2) is 0 Å². The number of anilines is 1. The predicted molar refractivity (Wildman–Crippen MR) is 74.4 cm³/mol. The molecule has 0 heterocycles. The van der Waals surface area contributed by atoms with Crippen LogP contribution < -0.4 is 11.1 Å². The topological polar surface area (TPSA) is 55.1 Å². The van der Waals surface area contributed by atoms with Crippen molar-refractivity contribution in [2.45, 2.75) is 20.8 Å². The van der Waals surface area contributed by atoms with Gasteiger partial charge in [0.2, 0.25) is 0 Å². The zero-order valence-corrected chi connectivity index (χ0v) is 11.4. The van der Waals surface area contributed by atoms with Gasteiger partial charge >= 0.3 is 0 Å². The van der Waals surface area contributed by atoms with Gasteiger partial charge in [-0.2, -0.15) is 0 Å². The summed E-state index contributed by atoms with van der Waals surface area (Å²) in [4.78, 5) is 11.8. The van der Waals surface area contributed by atoms with E-state index in [1.807, 2.05) is 0 Å². The van der Waals surface area contributed by atoms with Crippen LogP contribution in [-0.2, 0) is 0 Å². The number of halogens is 1. The lowest BCUT2D eigenvalue weighted by Crippen LogP contribution is -2.30. The number of nitrogens with one attached hydrogen (secondary N) is 1. The SMILES string of the molecule is CC(C)C(C)CNC(=O)c1cccc(N)c1.Cl. The molecule has 1 atom stereocenters. The zero-order chi connectivity index (χ0) is 12.1. The Balaban J connectivity index is 0.00000256. The lowest BCUT2D eigenvalue weighted by molar-refractivity contribution is 0.0945. The molecule has 4 heteroatoms. The van der Waals surface area contributed by atoms with Crippen LogP contribution >= 0.6 is 12.4 Å². The van der Waals surface area contributed by atoms with Gasteiger partial charge in [0.15, 0.2) is 0 Å². The van der Waals surface area contributed by atoms with Crippen LogP contribution in [0.15, 0.2) is 24.3 Å². The van der Waals surface area contributed by atoms with Crippen LogP contribution in [0.5, 0.6) is 0 Å². The molecule has 1 aromatic rings. The van der Waals surface area contributed by atoms with Gasteiger partial charge in [0, 0.05) is 17.8 Å². The van der Waals surface area contributed by atoms with E-state index in [1.54, 1.807) is 24.3 Å². The van der Waals surface area contributed by atoms with E-state index in [4.69, 9.17) is 5.73 Å². The van der Waals surface area contributed by atoms with Gasteiger partial charge in [-0.05, 0) is 30.0 Å². The molecule has 1 unspecified atom stereocenters. The van der Waals surface area contributed by atoms with E-state index in [1.165, 1.54) is 0 Å². The molecule has 0 spiro atoms. The van der Waals surface area contributed by atoms with Crippen molar-refractivity contribution in [3.8, 4) is 0 Å². The van der Waals surface area contributed by atoms with Crippen LogP contribution in [0.1, 0.15) is 31.1 Å². The zero-order valence-electron chi connectivity index (χ0n) is 10.6. The number of amides is 1. The first kappa shape index (κ1) is 15.8. The van der Waals surface area contributed by atoms with Crippen LogP contribution in [0.3, 0.4) is 0 Å². The van der Waals surface area contributed by atoms with Gasteiger partial charge in [0.25, 0.3) is 5.91 Å². The van der Waals surface area contributed by atoms with E-state index in [2.05, 4.69) is 26.1 Å². The summed E-state index contributed by atoms with van der Waals surface area (Å²) in [6.45, 7) is 7.13. The summed E-state index contributed by atoms with van der Waals surface area (Å²) in [7, 11) is 0. The van der Waals surface area contributed by atoms with E-state index in [9.17, 15) is 4.79 Å². The first-order valence-electron chi connectivity index (χ1n) is 5.64. The molecular weight excluding hydrogens is 236 g/mol. The molecule has 1 rings (SSSR count). The molecule has 0 saturated heterocycles. The Morgan fingerprint density at radius 3 is 2.53 bits per heavy atom. The van der Waals surface area contributed by atoms with Gasteiger partial charge in [0.1, 0.15) is 0 Å². The number of carbonyl (C=O) groups is 1. The summed E-state index contributed by atoms with van der Waals surface area (Å²) >= 11 is 0. The third-order valence-corrected chi connectivity index (χ3v) is 2.87. The Morgan fingerprint density at radius 1 is 1.35 bits per heavy atom. The highest BCUT2D eigenvalue weighted by molar-refractivity contribution is 5.94. The Hall–Kier alpha value is -1.22. The molecule has 0 aromatic heterocycles. The Bertz CT molecular complexity index is 366. The highest BCUT2D eigenvalue weighted by Gasteiger charge is 2.10. The van der Waals surface area contributed by atoms with Crippen LogP contribution in [-0.4, -0.2) is 12.5 Å². The lowest BCUT2D eigenvalue weighted by atomic mass is 9.98. The third kappa shape index (κ3) is 5.09. The van der Waals surface area contributed by atoms with Gasteiger partial charge in [-0.15, -0.1) is 12.4 Å². The lowest BCUT2D eigenvalue weighted by Gasteiger charge is -2.16. The van der Waals surface area contributed by atoms with Gasteiger partial charge in [-0.3, -0.25) is 4.79 Å². The smallest absolute Gasteiger partial charge is 0.251 e. The fourth-order valence-corrected chi connectivity index (χ4v) is 1.27. The van der Waals surface area contributed by atoms with Gasteiger partial charge in [-0.1, -0.05) is 26.8 Å². The fourth-order valence-electron chi connectivity index (χ4n) is 1.27. The molecule has 1 aromatic carbocycles. The maximum absolute atomic E-state index is 11.8. The van der Waals surface area contributed by atoms with E-state index in [-0.39, 0.29) is 18.3 Å². The Morgan fingerprint density at radius 2 is 2.00 bits per heavy atom. The molecule has 0 aliphatic rings. The summed E-state index contributed by atoms with van der Waals surface area (Å²) in [5.41, 5.74) is 6.86. The van der Waals surface area contributed by atoms with E-state index < -0.39 is 0 Å². The van der Waals surface area contributed by atoms with E-state index in [0.717, 1.165) is 0 Å². The van der Waals surface area contributed by atoms with Crippen molar-refractivity contribution in [3.63, 3.8) is 0 Å². The minimum Gasteiger partial charge on any atom is -0.399 e. The largest absolute Gasteiger partial charge is 0.399 e. The van der Waals surface area contributed by atoms with Gasteiger partial charge in [0.05, 0.1) is 0 Å². The fraction of sp³-hybridized carbons (Fsp3) is 0.462. The first-order chi connectivity index (χ1) is 7.50. The molecule has 3 N–H and O–H groups in total. The van der Waals surface area contributed by atoms with Crippen molar-refractivity contribution < 1.29 is 4.79 Å². The Labute approximate surface area is 109 Å². The van der Waals surface area contributed by atoms with Crippen LogP contribution in [0.2, 0.25) is 0 Å². The molecule has 0 fully saturated rings. The summed E-state index contributed by atoms with van der Waals surface area (Å²) in [5.74, 6) is 0.992. The average molecular weight is 257 g/mol. The summed E-state index contributed by atoms with van der Waals surface area (Å²) in [5, 5.41) is 2.91. The van der Waals surface area contributed by atoms with Crippen molar-refractivity contribution in [1.82, 2.24) is 5.32 Å². The average Bonchev–Trinajstić information content (AvgIpc) is 2.25. The molecule has 0 aliphatic carbocycles. The second-order valence-electron chi connectivity index (χ2n) is 4.56. The molecule has 0 bridgehead atoms. The van der Waals surface area contributed by atoms with Crippen LogP contribution in [0, 0.1) is 11.8 Å². The number of rotatable bonds is 4. The van der Waals surface area contributed by atoms with Crippen LogP contribution in [0.4, 0.5) is 5.69 Å². The normalized spacial score (nSPS) is 11.8. The molecule has 0 saturated carbocycles. The van der Waals surface area contributed by atoms with Crippen molar-refractivity contribution in [2.75, 3.05) is 12.3 Å². The molecule has 17 heavy (non-hydrogen) atoms. The maximum Gasteiger partial charge on any atom is 0.251 e. The van der Waals surface area contributed by atoms with E-state index >= 15 is 0 Å².